The summed E-state index contributed by atoms with van der Waals surface area (Å²) in [5.74, 6) is 2.89. The molecular weight excluding hydrogens is 224 g/mol. The second kappa shape index (κ2) is 4.84. The molecule has 1 aliphatic heterocycles. The summed E-state index contributed by atoms with van der Waals surface area (Å²) in [5.41, 5.74) is 6.13. The van der Waals surface area contributed by atoms with E-state index in [4.69, 9.17) is 5.73 Å². The monoisotopic (exact) mass is 250 g/mol. The molecule has 0 spiro atoms. The Morgan fingerprint density at radius 3 is 2.72 bits per heavy atom. The molecule has 3 fully saturated rings. The van der Waals surface area contributed by atoms with E-state index < -0.39 is 0 Å². The molecule has 0 radical (unpaired) electrons. The van der Waals surface area contributed by atoms with Gasteiger partial charge >= 0.3 is 0 Å². The van der Waals surface area contributed by atoms with Crippen LogP contribution >= 0.6 is 0 Å². The van der Waals surface area contributed by atoms with Crippen LogP contribution in [-0.4, -0.2) is 29.9 Å². The molecule has 1 amide bonds. The maximum absolute atomic E-state index is 12.6. The molecule has 3 heteroatoms. The molecule has 1 heterocycles. The summed E-state index contributed by atoms with van der Waals surface area (Å²) in [5, 5.41) is 0. The number of nitrogens with zero attached hydrogens (tertiary/aromatic N) is 1. The minimum absolute atomic E-state index is 0.305. The Morgan fingerprint density at radius 2 is 2.11 bits per heavy atom. The fourth-order valence-electron chi connectivity index (χ4n) is 4.46. The van der Waals surface area contributed by atoms with E-state index in [1.165, 1.54) is 25.7 Å². The first-order chi connectivity index (χ1) is 8.69. The third-order valence-corrected chi connectivity index (χ3v) is 5.68. The lowest BCUT2D eigenvalue weighted by Crippen LogP contribution is -2.51. The molecule has 5 unspecified atom stereocenters. The van der Waals surface area contributed by atoms with Crippen LogP contribution in [0.2, 0.25) is 0 Å². The summed E-state index contributed by atoms with van der Waals surface area (Å²) >= 11 is 0. The van der Waals surface area contributed by atoms with Gasteiger partial charge in [0.2, 0.25) is 5.91 Å². The predicted molar refractivity (Wildman–Crippen MR) is 71.9 cm³/mol. The van der Waals surface area contributed by atoms with Gasteiger partial charge in [0, 0.05) is 25.0 Å². The highest BCUT2D eigenvalue weighted by Gasteiger charge is 2.45. The summed E-state index contributed by atoms with van der Waals surface area (Å²) in [4.78, 5) is 14.8. The number of fused-ring (bicyclic) bond motifs is 2. The van der Waals surface area contributed by atoms with E-state index in [0.29, 0.717) is 29.7 Å². The van der Waals surface area contributed by atoms with Crippen LogP contribution in [0.25, 0.3) is 0 Å². The topological polar surface area (TPSA) is 46.3 Å². The Kier molecular flexibility index (Phi) is 3.35. The summed E-state index contributed by atoms with van der Waals surface area (Å²) in [6.07, 6.45) is 7.25. The van der Waals surface area contributed by atoms with Crippen molar-refractivity contribution in [3.8, 4) is 0 Å². The molecule has 2 saturated carbocycles. The van der Waals surface area contributed by atoms with Gasteiger partial charge in [-0.25, -0.2) is 0 Å². The highest BCUT2D eigenvalue weighted by Crippen LogP contribution is 2.49. The number of nitrogens with two attached hydrogens (primary N) is 1. The van der Waals surface area contributed by atoms with Crippen LogP contribution in [0.15, 0.2) is 0 Å². The average Bonchev–Trinajstić information content (AvgIpc) is 3.00. The number of hydrogen-bond donors (Lipinski definition) is 1. The van der Waals surface area contributed by atoms with E-state index in [1.54, 1.807) is 0 Å². The average molecular weight is 250 g/mol. The summed E-state index contributed by atoms with van der Waals surface area (Å²) in [7, 11) is 0. The molecule has 5 atom stereocenters. The van der Waals surface area contributed by atoms with Crippen LogP contribution in [0.5, 0.6) is 0 Å². The van der Waals surface area contributed by atoms with Crippen LogP contribution in [0.3, 0.4) is 0 Å². The smallest absolute Gasteiger partial charge is 0.225 e. The lowest BCUT2D eigenvalue weighted by atomic mass is 9.85. The van der Waals surface area contributed by atoms with Crippen LogP contribution in [0.4, 0.5) is 0 Å². The fraction of sp³-hybridized carbons (Fsp3) is 0.933. The molecule has 3 nitrogen and oxygen atoms in total. The molecule has 2 aliphatic carbocycles. The third-order valence-electron chi connectivity index (χ3n) is 5.68. The van der Waals surface area contributed by atoms with Gasteiger partial charge in [-0.2, -0.15) is 0 Å². The molecular formula is C15H26N2O. The van der Waals surface area contributed by atoms with Crippen molar-refractivity contribution in [2.75, 3.05) is 13.1 Å². The zero-order chi connectivity index (χ0) is 12.7. The van der Waals surface area contributed by atoms with E-state index in [-0.39, 0.29) is 0 Å². The van der Waals surface area contributed by atoms with Gasteiger partial charge in [0.05, 0.1) is 0 Å². The highest BCUT2D eigenvalue weighted by molar-refractivity contribution is 5.79. The lowest BCUT2D eigenvalue weighted by Gasteiger charge is -2.38. The van der Waals surface area contributed by atoms with Gasteiger partial charge in [-0.3, -0.25) is 4.79 Å². The van der Waals surface area contributed by atoms with Crippen molar-refractivity contribution >= 4 is 5.91 Å². The minimum atomic E-state index is 0.305. The lowest BCUT2D eigenvalue weighted by molar-refractivity contribution is -0.139. The molecule has 0 aromatic heterocycles. The van der Waals surface area contributed by atoms with E-state index in [2.05, 4.69) is 11.8 Å². The first-order valence-electron chi connectivity index (χ1n) is 7.73. The van der Waals surface area contributed by atoms with Crippen molar-refractivity contribution in [3.63, 3.8) is 0 Å². The van der Waals surface area contributed by atoms with E-state index >= 15 is 0 Å². The summed E-state index contributed by atoms with van der Waals surface area (Å²) in [6.45, 7) is 3.99. The standard InChI is InChI=1S/C15H26N2O/c1-2-11-9-17(6-5-14(11)16)15(18)13-8-10-3-4-12(13)7-10/h10-14H,2-9,16H2,1H3. The second-order valence-electron chi connectivity index (χ2n) is 6.69. The Hall–Kier alpha value is -0.570. The molecule has 1 saturated heterocycles. The largest absolute Gasteiger partial charge is 0.342 e. The first kappa shape index (κ1) is 12.5. The number of piperidine rings is 1. The Bertz CT molecular complexity index is 330. The quantitative estimate of drug-likeness (QED) is 0.815. The van der Waals surface area contributed by atoms with Gasteiger partial charge in [-0.05, 0) is 43.4 Å². The van der Waals surface area contributed by atoms with Gasteiger partial charge in [0.25, 0.3) is 0 Å². The van der Waals surface area contributed by atoms with E-state index in [0.717, 1.165) is 31.8 Å². The number of carbonyl (C=O) groups is 1. The van der Waals surface area contributed by atoms with Crippen molar-refractivity contribution in [1.82, 2.24) is 4.90 Å². The van der Waals surface area contributed by atoms with Gasteiger partial charge < -0.3 is 10.6 Å². The minimum Gasteiger partial charge on any atom is -0.342 e. The molecule has 2 bridgehead atoms. The van der Waals surface area contributed by atoms with E-state index in [1.807, 2.05) is 0 Å². The maximum Gasteiger partial charge on any atom is 0.225 e. The van der Waals surface area contributed by atoms with Crippen LogP contribution in [0.1, 0.15) is 45.4 Å². The predicted octanol–water partition coefficient (Wildman–Crippen LogP) is 2.01. The maximum atomic E-state index is 12.6. The SMILES string of the molecule is CCC1CN(C(=O)C2CC3CCC2C3)CCC1N. The van der Waals surface area contributed by atoms with Gasteiger partial charge in [-0.15, -0.1) is 0 Å². The van der Waals surface area contributed by atoms with Crippen molar-refractivity contribution < 1.29 is 4.79 Å². The second-order valence-corrected chi connectivity index (χ2v) is 6.69. The first-order valence-corrected chi connectivity index (χ1v) is 7.73. The molecule has 0 aromatic rings. The molecule has 0 aromatic carbocycles. The number of hydrogen-bond acceptors (Lipinski definition) is 2. The van der Waals surface area contributed by atoms with Gasteiger partial charge in [-0.1, -0.05) is 19.8 Å². The van der Waals surface area contributed by atoms with Crippen LogP contribution < -0.4 is 5.73 Å². The molecule has 2 N–H and O–H groups in total. The Morgan fingerprint density at radius 1 is 1.28 bits per heavy atom. The fourth-order valence-corrected chi connectivity index (χ4v) is 4.46. The molecule has 3 rings (SSSR count). The van der Waals surface area contributed by atoms with Gasteiger partial charge in [0.15, 0.2) is 0 Å². The number of carbonyl (C=O) groups excluding carboxylic acids is 1. The molecule has 3 aliphatic rings. The van der Waals surface area contributed by atoms with Crippen molar-refractivity contribution in [2.45, 2.75) is 51.5 Å². The Labute approximate surface area is 110 Å². The number of likely N-dealkylation sites (tertiary alicyclic amines) is 1. The normalized spacial score (nSPS) is 43.4. The van der Waals surface area contributed by atoms with Gasteiger partial charge in [0.1, 0.15) is 0 Å². The molecule has 18 heavy (non-hydrogen) atoms. The van der Waals surface area contributed by atoms with E-state index in [9.17, 15) is 4.79 Å². The third kappa shape index (κ3) is 2.07. The zero-order valence-electron chi connectivity index (χ0n) is 11.5. The van der Waals surface area contributed by atoms with Crippen LogP contribution in [0, 0.1) is 23.7 Å². The summed E-state index contributed by atoms with van der Waals surface area (Å²) < 4.78 is 0. The number of rotatable bonds is 2. The molecule has 102 valence electrons. The highest BCUT2D eigenvalue weighted by atomic mass is 16.2. The Balaban J connectivity index is 1.63. The number of amides is 1. The summed E-state index contributed by atoms with van der Waals surface area (Å²) in [6, 6.07) is 0.305. The van der Waals surface area contributed by atoms with Crippen molar-refractivity contribution in [1.29, 1.82) is 0 Å². The zero-order valence-corrected chi connectivity index (χ0v) is 11.5. The van der Waals surface area contributed by atoms with Crippen LogP contribution in [-0.2, 0) is 4.79 Å². The van der Waals surface area contributed by atoms with Crippen molar-refractivity contribution in [3.05, 3.63) is 0 Å². The van der Waals surface area contributed by atoms with Crippen molar-refractivity contribution in [2.24, 2.45) is 29.4 Å².